The Morgan fingerprint density at radius 2 is 1.52 bits per heavy atom. The van der Waals surface area contributed by atoms with Crippen LogP contribution in [0, 0.1) is 6.92 Å². The summed E-state index contributed by atoms with van der Waals surface area (Å²) in [5.74, 6) is 0.211. The van der Waals surface area contributed by atoms with Gasteiger partial charge in [-0.25, -0.2) is 9.97 Å². The zero-order valence-corrected chi connectivity index (χ0v) is 12.7. The summed E-state index contributed by atoms with van der Waals surface area (Å²) >= 11 is 0. The van der Waals surface area contributed by atoms with E-state index >= 15 is 0 Å². The molecule has 0 fully saturated rings. The van der Waals surface area contributed by atoms with Crippen LogP contribution in [0.1, 0.15) is 15.9 Å². The molecule has 0 saturated carbocycles. The zero-order valence-electron chi connectivity index (χ0n) is 12.7. The molecule has 0 saturated heterocycles. The standard InChI is InChI=1S/C18H16N4O/c1-13-7-9-16(10-8-13)22-18-19-11-14(12-20-18)17(23)21-15-5-3-2-4-6-15/h2-12H,1H3,(H,21,23)(H,19,20,22). The van der Waals surface area contributed by atoms with Crippen molar-refractivity contribution in [3.63, 3.8) is 0 Å². The van der Waals surface area contributed by atoms with E-state index in [1.165, 1.54) is 18.0 Å². The Balaban J connectivity index is 1.66. The summed E-state index contributed by atoms with van der Waals surface area (Å²) in [6.07, 6.45) is 3.00. The molecule has 3 rings (SSSR count). The van der Waals surface area contributed by atoms with Crippen LogP contribution in [0.3, 0.4) is 0 Å². The van der Waals surface area contributed by atoms with Crippen LogP contribution >= 0.6 is 0 Å². The van der Waals surface area contributed by atoms with Gasteiger partial charge in [-0.2, -0.15) is 0 Å². The molecule has 1 aromatic heterocycles. The number of carbonyl (C=O) groups excluding carboxylic acids is 1. The molecule has 0 aliphatic carbocycles. The van der Waals surface area contributed by atoms with Crippen molar-refractivity contribution in [3.8, 4) is 0 Å². The van der Waals surface area contributed by atoms with Crippen LogP contribution in [-0.4, -0.2) is 15.9 Å². The van der Waals surface area contributed by atoms with Gasteiger partial charge in [-0.15, -0.1) is 0 Å². The summed E-state index contributed by atoms with van der Waals surface area (Å²) in [6, 6.07) is 17.2. The molecule has 5 nitrogen and oxygen atoms in total. The average Bonchev–Trinajstić information content (AvgIpc) is 2.58. The van der Waals surface area contributed by atoms with Gasteiger partial charge in [0.15, 0.2) is 0 Å². The van der Waals surface area contributed by atoms with Crippen molar-refractivity contribution in [1.29, 1.82) is 0 Å². The molecular weight excluding hydrogens is 288 g/mol. The van der Waals surface area contributed by atoms with Crippen molar-refractivity contribution in [2.75, 3.05) is 10.6 Å². The third-order valence-electron chi connectivity index (χ3n) is 3.25. The number of amides is 1. The fourth-order valence-corrected chi connectivity index (χ4v) is 2.00. The molecule has 1 heterocycles. The quantitative estimate of drug-likeness (QED) is 0.769. The van der Waals surface area contributed by atoms with Crippen LogP contribution in [0.15, 0.2) is 67.0 Å². The maximum absolute atomic E-state index is 12.1. The normalized spacial score (nSPS) is 10.1. The van der Waals surface area contributed by atoms with Gasteiger partial charge < -0.3 is 10.6 Å². The minimum absolute atomic E-state index is 0.238. The van der Waals surface area contributed by atoms with Crippen molar-refractivity contribution < 1.29 is 4.79 Å². The Hall–Kier alpha value is -3.21. The lowest BCUT2D eigenvalue weighted by atomic mass is 10.2. The molecule has 3 aromatic rings. The van der Waals surface area contributed by atoms with E-state index in [4.69, 9.17) is 0 Å². The lowest BCUT2D eigenvalue weighted by Gasteiger charge is -2.07. The van der Waals surface area contributed by atoms with Crippen molar-refractivity contribution in [3.05, 3.63) is 78.1 Å². The largest absolute Gasteiger partial charge is 0.324 e. The first kappa shape index (κ1) is 14.7. The number of nitrogens with zero attached hydrogens (tertiary/aromatic N) is 2. The summed E-state index contributed by atoms with van der Waals surface area (Å²) < 4.78 is 0. The van der Waals surface area contributed by atoms with Gasteiger partial charge >= 0.3 is 0 Å². The smallest absolute Gasteiger partial charge is 0.258 e. The monoisotopic (exact) mass is 304 g/mol. The summed E-state index contributed by atoms with van der Waals surface area (Å²) in [4.78, 5) is 20.5. The highest BCUT2D eigenvalue weighted by molar-refractivity contribution is 6.03. The molecule has 0 aliphatic rings. The molecule has 1 amide bonds. The van der Waals surface area contributed by atoms with Crippen molar-refractivity contribution in [2.45, 2.75) is 6.92 Å². The number of hydrogen-bond acceptors (Lipinski definition) is 4. The lowest BCUT2D eigenvalue weighted by molar-refractivity contribution is 0.102. The molecule has 0 atom stereocenters. The van der Waals surface area contributed by atoms with E-state index in [0.29, 0.717) is 11.5 Å². The number of para-hydroxylation sites is 1. The van der Waals surface area contributed by atoms with Gasteiger partial charge in [0.05, 0.1) is 5.56 Å². The molecule has 0 aliphatic heterocycles. The minimum Gasteiger partial charge on any atom is -0.324 e. The molecule has 2 N–H and O–H groups in total. The minimum atomic E-state index is -0.238. The van der Waals surface area contributed by atoms with Crippen LogP contribution in [0.25, 0.3) is 0 Å². The topological polar surface area (TPSA) is 66.9 Å². The highest BCUT2D eigenvalue weighted by atomic mass is 16.1. The fourth-order valence-electron chi connectivity index (χ4n) is 2.00. The molecule has 114 valence electrons. The van der Waals surface area contributed by atoms with Crippen LogP contribution in [-0.2, 0) is 0 Å². The second kappa shape index (κ2) is 6.70. The van der Waals surface area contributed by atoms with E-state index < -0.39 is 0 Å². The third-order valence-corrected chi connectivity index (χ3v) is 3.25. The van der Waals surface area contributed by atoms with E-state index in [1.807, 2.05) is 61.5 Å². The van der Waals surface area contributed by atoms with Crippen molar-refractivity contribution in [1.82, 2.24) is 9.97 Å². The molecule has 0 spiro atoms. The summed E-state index contributed by atoms with van der Waals surface area (Å²) in [6.45, 7) is 2.03. The van der Waals surface area contributed by atoms with Gasteiger partial charge in [0.25, 0.3) is 5.91 Å². The first-order chi connectivity index (χ1) is 11.2. The summed E-state index contributed by atoms with van der Waals surface area (Å²) in [5, 5.41) is 5.89. The maximum Gasteiger partial charge on any atom is 0.258 e. The van der Waals surface area contributed by atoms with Gasteiger partial charge in [-0.3, -0.25) is 4.79 Å². The average molecular weight is 304 g/mol. The van der Waals surface area contributed by atoms with Crippen molar-refractivity contribution in [2.24, 2.45) is 0 Å². The number of anilines is 3. The van der Waals surface area contributed by atoms with Crippen molar-refractivity contribution >= 4 is 23.2 Å². The molecule has 0 radical (unpaired) electrons. The van der Waals surface area contributed by atoms with E-state index in [1.54, 1.807) is 0 Å². The van der Waals surface area contributed by atoms with Crippen LogP contribution < -0.4 is 10.6 Å². The van der Waals surface area contributed by atoms with Gasteiger partial charge in [0.1, 0.15) is 0 Å². The van der Waals surface area contributed by atoms with E-state index in [9.17, 15) is 4.79 Å². The predicted molar refractivity (Wildman–Crippen MR) is 90.9 cm³/mol. The first-order valence-electron chi connectivity index (χ1n) is 7.23. The van der Waals surface area contributed by atoms with Crippen LogP contribution in [0.2, 0.25) is 0 Å². The van der Waals surface area contributed by atoms with Crippen LogP contribution in [0.4, 0.5) is 17.3 Å². The van der Waals surface area contributed by atoms with Gasteiger partial charge in [-0.1, -0.05) is 35.9 Å². The van der Waals surface area contributed by atoms with Gasteiger partial charge in [0.2, 0.25) is 5.95 Å². The second-order valence-electron chi connectivity index (χ2n) is 5.11. The number of aryl methyl sites for hydroxylation is 1. The lowest BCUT2D eigenvalue weighted by Crippen LogP contribution is -2.13. The Morgan fingerprint density at radius 3 is 2.17 bits per heavy atom. The highest BCUT2D eigenvalue weighted by Crippen LogP contribution is 2.14. The second-order valence-corrected chi connectivity index (χ2v) is 5.11. The van der Waals surface area contributed by atoms with Gasteiger partial charge in [-0.05, 0) is 31.2 Å². The van der Waals surface area contributed by atoms with E-state index in [-0.39, 0.29) is 5.91 Å². The van der Waals surface area contributed by atoms with E-state index in [2.05, 4.69) is 20.6 Å². The fraction of sp³-hybridized carbons (Fsp3) is 0.0556. The zero-order chi connectivity index (χ0) is 16.1. The Kier molecular flexibility index (Phi) is 4.29. The molecule has 0 bridgehead atoms. The Morgan fingerprint density at radius 1 is 0.870 bits per heavy atom. The Labute approximate surface area is 134 Å². The third kappa shape index (κ3) is 3.91. The number of aromatic nitrogens is 2. The summed E-state index contributed by atoms with van der Waals surface area (Å²) in [7, 11) is 0. The molecule has 5 heteroatoms. The number of carbonyl (C=O) groups is 1. The molecule has 2 aromatic carbocycles. The molecular formula is C18H16N4O. The predicted octanol–water partition coefficient (Wildman–Crippen LogP) is 3.78. The van der Waals surface area contributed by atoms with Crippen LogP contribution in [0.5, 0.6) is 0 Å². The number of rotatable bonds is 4. The van der Waals surface area contributed by atoms with Gasteiger partial charge in [0, 0.05) is 23.8 Å². The first-order valence-corrected chi connectivity index (χ1v) is 7.23. The number of hydrogen-bond donors (Lipinski definition) is 2. The van der Waals surface area contributed by atoms with E-state index in [0.717, 1.165) is 11.4 Å². The highest BCUT2D eigenvalue weighted by Gasteiger charge is 2.07. The molecule has 0 unspecified atom stereocenters. The summed E-state index contributed by atoms with van der Waals surface area (Å²) in [5.41, 5.74) is 3.23. The molecule has 23 heavy (non-hydrogen) atoms. The Bertz CT molecular complexity index is 784. The SMILES string of the molecule is Cc1ccc(Nc2ncc(C(=O)Nc3ccccc3)cn2)cc1. The number of nitrogens with one attached hydrogen (secondary N) is 2. The number of benzene rings is 2. The maximum atomic E-state index is 12.1.